The topological polar surface area (TPSA) is 72.2 Å². The Morgan fingerprint density at radius 3 is 2.94 bits per heavy atom. The number of hydrogen-bond donors (Lipinski definition) is 2. The second-order valence-corrected chi connectivity index (χ2v) is 7.34. The number of nitrogens with two attached hydrogens (primary N) is 1. The van der Waals surface area contributed by atoms with E-state index in [2.05, 4.69) is 11.6 Å². The molecule has 0 aliphatic heterocycles. The van der Waals surface area contributed by atoms with Crippen LogP contribution in [0.2, 0.25) is 0 Å². The van der Waals surface area contributed by atoms with E-state index in [1.807, 2.05) is 0 Å². The second kappa shape index (κ2) is 5.06. The van der Waals surface area contributed by atoms with Crippen LogP contribution in [-0.4, -0.2) is 14.5 Å². The summed E-state index contributed by atoms with van der Waals surface area (Å²) < 4.78 is 27.2. The Morgan fingerprint density at radius 1 is 1.59 bits per heavy atom. The molecule has 0 saturated heterocycles. The Morgan fingerprint density at radius 2 is 2.35 bits per heavy atom. The zero-order valence-electron chi connectivity index (χ0n) is 9.85. The molecule has 0 bridgehead atoms. The van der Waals surface area contributed by atoms with Gasteiger partial charge in [-0.2, -0.15) is 0 Å². The van der Waals surface area contributed by atoms with Crippen molar-refractivity contribution in [2.75, 3.05) is 0 Å². The van der Waals surface area contributed by atoms with Gasteiger partial charge in [0.25, 0.3) is 0 Å². The van der Waals surface area contributed by atoms with E-state index >= 15 is 0 Å². The summed E-state index contributed by atoms with van der Waals surface area (Å²) in [5.74, 6) is 0.531. The van der Waals surface area contributed by atoms with Crippen LogP contribution < -0.4 is 10.5 Å². The fourth-order valence-electron chi connectivity index (χ4n) is 1.94. The molecule has 2 unspecified atom stereocenters. The summed E-state index contributed by atoms with van der Waals surface area (Å²) in [7, 11) is -3.32. The zero-order valence-corrected chi connectivity index (χ0v) is 11.5. The highest BCUT2D eigenvalue weighted by atomic mass is 32.2. The van der Waals surface area contributed by atoms with Crippen LogP contribution in [0, 0.1) is 5.92 Å². The molecule has 1 aliphatic carbocycles. The van der Waals surface area contributed by atoms with Crippen LogP contribution in [0.3, 0.4) is 0 Å². The fourth-order valence-corrected chi connectivity index (χ4v) is 4.50. The average Bonchev–Trinajstić information content (AvgIpc) is 2.84. The second-order valence-electron chi connectivity index (χ2n) is 4.49. The molecule has 0 amide bonds. The molecule has 0 aromatic carbocycles. The molecular formula is C11H18N2O2S2. The van der Waals surface area contributed by atoms with Crippen LogP contribution >= 0.6 is 11.3 Å². The molecule has 0 radical (unpaired) electrons. The first-order chi connectivity index (χ1) is 8.06. The van der Waals surface area contributed by atoms with E-state index in [1.54, 1.807) is 11.4 Å². The van der Waals surface area contributed by atoms with Crippen molar-refractivity contribution in [3.05, 3.63) is 17.0 Å². The molecule has 1 aromatic heterocycles. The molecule has 1 fully saturated rings. The lowest BCUT2D eigenvalue weighted by Gasteiger charge is -2.03. The molecule has 96 valence electrons. The molecular weight excluding hydrogens is 256 g/mol. The quantitative estimate of drug-likeness (QED) is 0.829. The number of nitrogens with one attached hydrogen (secondary N) is 1. The van der Waals surface area contributed by atoms with Gasteiger partial charge in [0.05, 0.1) is 0 Å². The Labute approximate surface area is 106 Å². The number of rotatable bonds is 6. The first kappa shape index (κ1) is 13.0. The van der Waals surface area contributed by atoms with Gasteiger partial charge in [0.15, 0.2) is 0 Å². The van der Waals surface area contributed by atoms with E-state index in [4.69, 9.17) is 5.73 Å². The van der Waals surface area contributed by atoms with E-state index in [-0.39, 0.29) is 6.04 Å². The highest BCUT2D eigenvalue weighted by Crippen LogP contribution is 2.36. The van der Waals surface area contributed by atoms with E-state index in [0.717, 1.165) is 24.8 Å². The summed E-state index contributed by atoms with van der Waals surface area (Å²) in [5, 5.41) is 1.80. The van der Waals surface area contributed by atoms with E-state index in [1.165, 1.54) is 11.3 Å². The van der Waals surface area contributed by atoms with Gasteiger partial charge in [-0.25, -0.2) is 13.1 Å². The molecule has 3 N–H and O–H groups in total. The summed E-state index contributed by atoms with van der Waals surface area (Å²) in [5.41, 5.74) is 6.34. The SMILES string of the molecule is CCCC1CC1NS(=O)(=O)c1cc(CN)cs1. The van der Waals surface area contributed by atoms with Crippen molar-refractivity contribution in [3.63, 3.8) is 0 Å². The van der Waals surface area contributed by atoms with E-state index < -0.39 is 10.0 Å². The predicted molar refractivity (Wildman–Crippen MR) is 69.3 cm³/mol. The molecule has 17 heavy (non-hydrogen) atoms. The molecule has 2 rings (SSSR count). The fraction of sp³-hybridized carbons (Fsp3) is 0.636. The first-order valence-corrected chi connectivity index (χ1v) is 8.23. The lowest BCUT2D eigenvalue weighted by Crippen LogP contribution is -2.26. The van der Waals surface area contributed by atoms with Crippen molar-refractivity contribution in [1.82, 2.24) is 4.72 Å². The maximum Gasteiger partial charge on any atom is 0.250 e. The van der Waals surface area contributed by atoms with Gasteiger partial charge in [0.1, 0.15) is 4.21 Å². The van der Waals surface area contributed by atoms with Crippen molar-refractivity contribution >= 4 is 21.4 Å². The standard InChI is InChI=1S/C11H18N2O2S2/c1-2-3-9-5-10(9)13-17(14,15)11-4-8(6-12)7-16-11/h4,7,9-10,13H,2-3,5-6,12H2,1H3. The Balaban J connectivity index is 2.00. The van der Waals surface area contributed by atoms with Crippen molar-refractivity contribution in [1.29, 1.82) is 0 Å². The molecule has 6 heteroatoms. The lowest BCUT2D eigenvalue weighted by molar-refractivity contribution is 0.575. The molecule has 1 heterocycles. The maximum atomic E-state index is 12.0. The number of hydrogen-bond acceptors (Lipinski definition) is 4. The first-order valence-electron chi connectivity index (χ1n) is 5.86. The lowest BCUT2D eigenvalue weighted by atomic mass is 10.2. The van der Waals surface area contributed by atoms with Gasteiger partial charge in [-0.1, -0.05) is 13.3 Å². The van der Waals surface area contributed by atoms with Gasteiger partial charge in [0, 0.05) is 12.6 Å². The van der Waals surface area contributed by atoms with Crippen LogP contribution in [-0.2, 0) is 16.6 Å². The monoisotopic (exact) mass is 274 g/mol. The summed E-state index contributed by atoms with van der Waals surface area (Å²) in [6, 6.07) is 1.80. The molecule has 0 spiro atoms. The highest BCUT2D eigenvalue weighted by Gasteiger charge is 2.39. The minimum atomic E-state index is -3.32. The minimum absolute atomic E-state index is 0.142. The van der Waals surface area contributed by atoms with E-state index in [9.17, 15) is 8.42 Å². The molecule has 2 atom stereocenters. The van der Waals surface area contributed by atoms with Crippen molar-refractivity contribution in [2.45, 2.75) is 43.0 Å². The van der Waals surface area contributed by atoms with Gasteiger partial charge in [-0.3, -0.25) is 0 Å². The minimum Gasteiger partial charge on any atom is -0.326 e. The maximum absolute atomic E-state index is 12.0. The van der Waals surface area contributed by atoms with Gasteiger partial charge in [-0.15, -0.1) is 11.3 Å². The van der Waals surface area contributed by atoms with Crippen molar-refractivity contribution in [2.24, 2.45) is 11.7 Å². The Bertz CT molecular complexity index is 481. The number of thiophene rings is 1. The van der Waals surface area contributed by atoms with Crippen LogP contribution in [0.15, 0.2) is 15.7 Å². The Kier molecular flexibility index (Phi) is 3.87. The van der Waals surface area contributed by atoms with Crippen molar-refractivity contribution in [3.8, 4) is 0 Å². The van der Waals surface area contributed by atoms with Gasteiger partial charge in [0.2, 0.25) is 10.0 Å². The summed E-state index contributed by atoms with van der Waals surface area (Å²) >= 11 is 1.23. The van der Waals surface area contributed by atoms with Gasteiger partial charge < -0.3 is 5.73 Å². The summed E-state index contributed by atoms with van der Waals surface area (Å²) in [6.45, 7) is 2.50. The normalized spacial score (nSPS) is 23.9. The summed E-state index contributed by atoms with van der Waals surface area (Å²) in [6.07, 6.45) is 3.19. The third-order valence-corrected chi connectivity index (χ3v) is 6.00. The third kappa shape index (κ3) is 3.07. The van der Waals surface area contributed by atoms with Crippen LogP contribution in [0.25, 0.3) is 0 Å². The summed E-state index contributed by atoms with van der Waals surface area (Å²) in [4.78, 5) is 0. The smallest absolute Gasteiger partial charge is 0.250 e. The van der Waals surface area contributed by atoms with E-state index in [0.29, 0.717) is 16.7 Å². The molecule has 1 aromatic rings. The van der Waals surface area contributed by atoms with Crippen LogP contribution in [0.5, 0.6) is 0 Å². The van der Waals surface area contributed by atoms with Gasteiger partial charge in [-0.05, 0) is 35.8 Å². The molecule has 1 aliphatic rings. The third-order valence-electron chi connectivity index (χ3n) is 3.02. The Hall–Kier alpha value is -0.430. The predicted octanol–water partition coefficient (Wildman–Crippen LogP) is 1.67. The average molecular weight is 274 g/mol. The molecule has 1 saturated carbocycles. The van der Waals surface area contributed by atoms with Crippen LogP contribution in [0.4, 0.5) is 0 Å². The zero-order chi connectivity index (χ0) is 12.5. The van der Waals surface area contributed by atoms with Gasteiger partial charge >= 0.3 is 0 Å². The molecule has 4 nitrogen and oxygen atoms in total. The highest BCUT2D eigenvalue weighted by molar-refractivity contribution is 7.91. The van der Waals surface area contributed by atoms with Crippen molar-refractivity contribution < 1.29 is 8.42 Å². The largest absolute Gasteiger partial charge is 0.326 e. The number of sulfonamides is 1. The van der Waals surface area contributed by atoms with Crippen LogP contribution in [0.1, 0.15) is 31.7 Å².